The van der Waals surface area contributed by atoms with Crippen LogP contribution in [0.2, 0.25) is 5.02 Å². The van der Waals surface area contributed by atoms with Gasteiger partial charge in [0.25, 0.3) is 29.5 Å². The Hall–Kier alpha value is -13.3. The van der Waals surface area contributed by atoms with Gasteiger partial charge in [0.05, 0.1) is 115 Å². The van der Waals surface area contributed by atoms with Gasteiger partial charge < -0.3 is 93.2 Å². The van der Waals surface area contributed by atoms with E-state index in [2.05, 4.69) is 151 Å². The average Bonchev–Trinajstić information content (AvgIpc) is 1.76. The highest BCUT2D eigenvalue weighted by Gasteiger charge is 2.32. The van der Waals surface area contributed by atoms with E-state index in [-0.39, 0.29) is 108 Å². The fraction of sp³-hybridized carbons (Fsp3) is 0.226. The minimum absolute atomic E-state index is 0.0418. The van der Waals surface area contributed by atoms with Gasteiger partial charge in [-0.15, -0.1) is 6.42 Å². The lowest BCUT2D eigenvalue weighted by Crippen LogP contribution is -2.46. The number of hydrogen-bond donors (Lipinski definition) is 15. The number of nitrogens with zero attached hydrogens (tertiary/aromatic N) is 8. The molecule has 5 aromatic heterocycles. The van der Waals surface area contributed by atoms with Crippen LogP contribution in [0.3, 0.4) is 0 Å². The molecule has 15 aromatic rings. The fourth-order valence-corrected chi connectivity index (χ4v) is 16.7. The maximum Gasteiger partial charge on any atom is 0.256 e. The second kappa shape index (κ2) is 41.4. The number of nitrogens with one attached hydrogen (secondary N) is 14. The van der Waals surface area contributed by atoms with Gasteiger partial charge in [-0.2, -0.15) is 0 Å². The third-order valence-corrected chi connectivity index (χ3v) is 23.7. The highest BCUT2D eigenvalue weighted by molar-refractivity contribution is 9.11. The number of halogens is 9. The SMILES string of the molecule is C#Cc1ccc(Nc2c(C(=O)N3CCNCC3)cc3[nH]cnc3c2F)c(C)c1.CCCNC(=O)c1cc2[nH]cnc2c(F)c1Nc1ccc(Br)cc1C.CNC(=O)c1cc2[nH]cnc2c(F)c1Nc1ccc(Cl)cc1C.Cc1cc(Br)ccc1Nc1c(C(=O)N2CCC(N)C2)cc2[nH]cnc2c1F.Cc1cc(Br)ccc1Nc1c(C(=O)N2CCNCC2)cc2[nH]cnc2c1F. The lowest BCUT2D eigenvalue weighted by atomic mass is 10.1. The van der Waals surface area contributed by atoms with Gasteiger partial charge in [-0.05, 0) is 197 Å². The number of aryl methyl sites for hydroxylation is 5. The summed E-state index contributed by atoms with van der Waals surface area (Å²) in [6.45, 7) is 18.3. The van der Waals surface area contributed by atoms with Crippen molar-refractivity contribution in [3.63, 3.8) is 0 Å². The summed E-state index contributed by atoms with van der Waals surface area (Å²) in [6.07, 6.45) is 14.1. The van der Waals surface area contributed by atoms with Crippen LogP contribution in [-0.2, 0) is 0 Å². The van der Waals surface area contributed by atoms with Gasteiger partial charge in [0.2, 0.25) is 0 Å². The van der Waals surface area contributed by atoms with Gasteiger partial charge in [-0.25, -0.2) is 46.9 Å². The number of hydrogen-bond acceptors (Lipinski definition) is 18. The number of nitrogens with two attached hydrogens (primary N) is 1. The number of likely N-dealkylation sites (tertiary alicyclic amines) is 1. The molecule has 1 atom stereocenters. The molecule has 10 aromatic carbocycles. The molecule has 1 unspecified atom stereocenters. The van der Waals surface area contributed by atoms with Crippen LogP contribution in [0.25, 0.3) is 55.2 Å². The number of rotatable bonds is 17. The van der Waals surface area contributed by atoms with Gasteiger partial charge in [0, 0.05) is 138 Å². The third-order valence-electron chi connectivity index (χ3n) is 22.0. The number of aromatic amines is 5. The van der Waals surface area contributed by atoms with E-state index < -0.39 is 35.0 Å². The van der Waals surface area contributed by atoms with Crippen LogP contribution in [0.15, 0.2) is 166 Å². The van der Waals surface area contributed by atoms with Crippen LogP contribution in [0, 0.1) is 76.0 Å². The van der Waals surface area contributed by atoms with Crippen LogP contribution in [-0.4, -0.2) is 179 Å². The number of carbonyl (C=O) groups excluding carboxylic acids is 5. The first kappa shape index (κ1) is 92.9. The minimum atomic E-state index is -0.586. The van der Waals surface area contributed by atoms with Crippen molar-refractivity contribution in [1.82, 2.24) is 85.8 Å². The molecule has 0 aliphatic carbocycles. The molecule has 5 amide bonds. The van der Waals surface area contributed by atoms with Gasteiger partial charge in [-0.3, -0.25) is 24.0 Å². The Morgan fingerprint density at radius 1 is 0.438 bits per heavy atom. The Labute approximate surface area is 773 Å². The molecule has 3 aliphatic heterocycles. The summed E-state index contributed by atoms with van der Waals surface area (Å²) < 4.78 is 78.4. The zero-order valence-electron chi connectivity index (χ0n) is 71.4. The average molecular weight is 1980 g/mol. The molecule has 8 heterocycles. The third kappa shape index (κ3) is 20.9. The number of carbonyl (C=O) groups is 5. The first-order valence-corrected chi connectivity index (χ1v) is 44.1. The first-order valence-electron chi connectivity index (χ1n) is 41.4. The first-order chi connectivity index (χ1) is 62.6. The van der Waals surface area contributed by atoms with E-state index in [0.717, 1.165) is 103 Å². The fourth-order valence-electron chi connectivity index (χ4n) is 15.0. The molecule has 37 heteroatoms. The molecule has 0 spiro atoms. The van der Waals surface area contributed by atoms with Crippen molar-refractivity contribution in [2.75, 3.05) is 106 Å². The molecule has 670 valence electrons. The van der Waals surface area contributed by atoms with E-state index >= 15 is 17.6 Å². The molecule has 3 aliphatic rings. The Bertz CT molecular complexity index is 6710. The van der Waals surface area contributed by atoms with Crippen molar-refractivity contribution in [3.8, 4) is 12.3 Å². The van der Waals surface area contributed by atoms with Crippen molar-refractivity contribution >= 4 is 201 Å². The maximum absolute atomic E-state index is 15.3. The molecule has 16 N–H and O–H groups in total. The number of fused-ring (bicyclic) bond motifs is 5. The number of aromatic nitrogens is 10. The second-order valence-electron chi connectivity index (χ2n) is 30.9. The Kier molecular flexibility index (Phi) is 29.6. The zero-order chi connectivity index (χ0) is 92.3. The van der Waals surface area contributed by atoms with Gasteiger partial charge in [0.1, 0.15) is 27.6 Å². The largest absolute Gasteiger partial charge is 0.355 e. The number of amides is 5. The van der Waals surface area contributed by atoms with E-state index in [4.69, 9.17) is 23.8 Å². The van der Waals surface area contributed by atoms with E-state index in [1.54, 1.807) is 75.4 Å². The van der Waals surface area contributed by atoms with E-state index in [1.807, 2.05) is 102 Å². The highest BCUT2D eigenvalue weighted by atomic mass is 79.9. The van der Waals surface area contributed by atoms with E-state index in [1.165, 1.54) is 38.7 Å². The van der Waals surface area contributed by atoms with Crippen LogP contribution in [0.1, 0.15) is 105 Å². The molecule has 0 saturated carbocycles. The Morgan fingerprint density at radius 2 is 0.746 bits per heavy atom. The molecule has 0 bridgehead atoms. The molecule has 3 saturated heterocycles. The van der Waals surface area contributed by atoms with Crippen molar-refractivity contribution in [1.29, 1.82) is 0 Å². The van der Waals surface area contributed by atoms with E-state index in [0.29, 0.717) is 95.4 Å². The second-order valence-corrected chi connectivity index (χ2v) is 34.1. The summed E-state index contributed by atoms with van der Waals surface area (Å²) in [5.41, 5.74) is 20.0. The van der Waals surface area contributed by atoms with Crippen molar-refractivity contribution < 1.29 is 45.9 Å². The summed E-state index contributed by atoms with van der Waals surface area (Å²) in [7, 11) is 1.49. The number of H-pyrrole nitrogens is 5. The molecule has 28 nitrogen and oxygen atoms in total. The van der Waals surface area contributed by atoms with Crippen LogP contribution >= 0.6 is 59.4 Å². The minimum Gasteiger partial charge on any atom is -0.355 e. The number of piperazine rings is 2. The van der Waals surface area contributed by atoms with Crippen molar-refractivity contribution in [2.24, 2.45) is 5.73 Å². The van der Waals surface area contributed by atoms with Crippen LogP contribution in [0.4, 0.5) is 78.8 Å². The van der Waals surface area contributed by atoms with Crippen molar-refractivity contribution in [3.05, 3.63) is 262 Å². The molecule has 3 fully saturated rings. The summed E-state index contributed by atoms with van der Waals surface area (Å²) in [5, 5.41) is 27.7. The quantitative estimate of drug-likeness (QED) is 0.0297. The predicted octanol–water partition coefficient (Wildman–Crippen LogP) is 18.5. The van der Waals surface area contributed by atoms with E-state index in [9.17, 15) is 28.4 Å². The number of terminal acetylenes is 1. The summed E-state index contributed by atoms with van der Waals surface area (Å²) in [6, 6.07) is 35.6. The van der Waals surface area contributed by atoms with Gasteiger partial charge >= 0.3 is 0 Å². The topological polar surface area (TPSA) is 373 Å². The summed E-state index contributed by atoms with van der Waals surface area (Å²) >= 11 is 16.2. The molecule has 0 radical (unpaired) electrons. The molecule has 130 heavy (non-hydrogen) atoms. The van der Waals surface area contributed by atoms with Crippen LogP contribution < -0.4 is 53.6 Å². The monoisotopic (exact) mass is 1980 g/mol. The Morgan fingerprint density at radius 3 is 1.05 bits per heavy atom. The lowest BCUT2D eigenvalue weighted by Gasteiger charge is -2.28. The number of anilines is 10. The lowest BCUT2D eigenvalue weighted by molar-refractivity contribution is 0.0729. The number of imidazole rings is 5. The Balaban J connectivity index is 0.000000131. The van der Waals surface area contributed by atoms with Gasteiger partial charge in [0.15, 0.2) is 29.1 Å². The molecular weight excluding hydrogens is 1890 g/mol. The normalized spacial score (nSPS) is 13.6. The summed E-state index contributed by atoms with van der Waals surface area (Å²) in [5.74, 6) is -1.56. The molecular formula is C93H90Br3ClF5N23O5. The smallest absolute Gasteiger partial charge is 0.256 e. The van der Waals surface area contributed by atoms with Gasteiger partial charge in [-0.1, -0.05) is 72.2 Å². The zero-order valence-corrected chi connectivity index (χ0v) is 76.9. The number of benzene rings is 10. The van der Waals surface area contributed by atoms with Crippen molar-refractivity contribution in [2.45, 2.75) is 60.4 Å². The van der Waals surface area contributed by atoms with Crippen LogP contribution in [0.5, 0.6) is 0 Å². The molecule has 18 rings (SSSR count). The summed E-state index contributed by atoms with van der Waals surface area (Å²) in [4.78, 5) is 104. The maximum atomic E-state index is 15.3. The predicted molar refractivity (Wildman–Crippen MR) is 511 cm³/mol. The standard InChI is InChI=1S/C21H20FN5O.2C19H19BrFN5O.C18H18BrFN4O.C16H14ClFN4O/c1-3-14-4-5-16(13(2)10-14)26-19-15(21(28)27-8-6-23-7-9-27)11-17-20(18(19)22)25-12-24-17;1-11-8-12(20)2-3-14(11)25-17-13(19(27)26-6-4-22-5-7-26)9-15-18(16(17)21)24-10-23-15;1-10-6-11(20)2-3-14(10)25-17-13(19(27)26-5-4-12(22)8-26)7-15-18(16(17)21)24-9-23-15;1-3-6-21-18(25)12-8-14-17(23-9-22-14)15(20)16(12)24-13-5-4-11(19)7-10(13)2;1-8-5-9(17)3-4-11(8)22-14-10(16(23)19-2)6-12-15(13(14)18)21-7-20-12/h1,4-5,10-12,23,26H,6-9H2,2H3,(H,24,25);2-3,8-10,22,25H,4-7H2,1H3,(H,23,24);2-3,6-7,9,12,25H,4-5,8,22H2,1H3,(H,23,24);4-5,7-9,24H,3,6H2,1-2H3,(H,21,25)(H,22,23);3-7,22H,1-2H3,(H,19,23)(H,20,21). The highest BCUT2D eigenvalue weighted by Crippen LogP contribution is 2.40.